The van der Waals surface area contributed by atoms with E-state index in [2.05, 4.69) is 60.5 Å². The fourth-order valence-electron chi connectivity index (χ4n) is 5.02. The normalized spacial score (nSPS) is 14.5. The van der Waals surface area contributed by atoms with Crippen molar-refractivity contribution in [2.45, 2.75) is 46.2 Å². The van der Waals surface area contributed by atoms with Crippen molar-refractivity contribution in [3.63, 3.8) is 0 Å². The number of nitrogens with two attached hydrogens (primary N) is 1. The Hall–Kier alpha value is -3.51. The Balaban J connectivity index is 1.66. The first-order valence-electron chi connectivity index (χ1n) is 12.1. The average Bonchev–Trinajstić information content (AvgIpc) is 3.04. The molecule has 0 saturated heterocycles. The number of anilines is 2. The van der Waals surface area contributed by atoms with Gasteiger partial charge in [-0.05, 0) is 60.2 Å². The summed E-state index contributed by atoms with van der Waals surface area (Å²) in [6.07, 6.45) is 0.00584. The van der Waals surface area contributed by atoms with Crippen LogP contribution in [0.25, 0.3) is 0 Å². The molecule has 0 bridgehead atoms. The molecule has 1 unspecified atom stereocenters. The molecule has 0 aromatic heterocycles. The Labute approximate surface area is 207 Å². The highest BCUT2D eigenvalue weighted by Crippen LogP contribution is 2.36. The number of fused-ring (bicyclic) bond motifs is 1. The van der Waals surface area contributed by atoms with Gasteiger partial charge in [0.25, 0.3) is 0 Å². The number of rotatable bonds is 7. The number of nitrogens with one attached hydrogen (secondary N) is 1. The van der Waals surface area contributed by atoms with Crippen LogP contribution in [0.2, 0.25) is 0 Å². The smallest absolute Gasteiger partial charge is 0.304 e. The number of carboxylic acid groups (broad SMARTS) is 1. The lowest BCUT2D eigenvalue weighted by Gasteiger charge is -2.24. The van der Waals surface area contributed by atoms with Gasteiger partial charge in [0.05, 0.1) is 17.8 Å². The molecule has 3 aromatic rings. The molecular weight excluding hydrogens is 438 g/mol. The van der Waals surface area contributed by atoms with Crippen molar-refractivity contribution >= 4 is 17.3 Å². The fraction of sp³-hybridized carbons (Fsp3) is 0.345. The van der Waals surface area contributed by atoms with Crippen molar-refractivity contribution in [1.29, 1.82) is 0 Å². The number of aliphatic carboxylic acids is 1. The molecule has 3 aromatic carbocycles. The van der Waals surface area contributed by atoms with E-state index in [1.54, 1.807) is 0 Å². The monoisotopic (exact) mass is 473 g/mol. The predicted octanol–water partition coefficient (Wildman–Crippen LogP) is 5.24. The molecule has 1 aliphatic heterocycles. The van der Waals surface area contributed by atoms with Crippen molar-refractivity contribution < 1.29 is 14.6 Å². The summed E-state index contributed by atoms with van der Waals surface area (Å²) in [5.74, 6) is -0.111. The lowest BCUT2D eigenvalue weighted by Crippen LogP contribution is -2.25. The van der Waals surface area contributed by atoms with Crippen LogP contribution in [0.5, 0.6) is 5.75 Å². The topological polar surface area (TPSA) is 87.8 Å². The van der Waals surface area contributed by atoms with Crippen LogP contribution in [-0.4, -0.2) is 36.2 Å². The molecule has 0 fully saturated rings. The minimum absolute atomic E-state index is 0.00584. The van der Waals surface area contributed by atoms with Gasteiger partial charge in [-0.2, -0.15) is 0 Å². The summed E-state index contributed by atoms with van der Waals surface area (Å²) in [5, 5.41) is 12.8. The SMILES string of the molecule is CNc1ccc(C(CC(=O)O)c2ccc(C)c(CN3CCOc4c(C)cccc4C3)c2)c(C)c1N. The maximum atomic E-state index is 11.9. The Morgan fingerprint density at radius 1 is 1.14 bits per heavy atom. The highest BCUT2D eigenvalue weighted by Gasteiger charge is 2.23. The van der Waals surface area contributed by atoms with Crippen LogP contribution in [-0.2, 0) is 17.9 Å². The molecule has 0 spiro atoms. The number of nitrogen functional groups attached to an aromatic ring is 1. The second-order valence-electron chi connectivity index (χ2n) is 9.45. The molecule has 0 aliphatic carbocycles. The molecule has 0 radical (unpaired) electrons. The van der Waals surface area contributed by atoms with Gasteiger partial charge in [-0.25, -0.2) is 0 Å². The lowest BCUT2D eigenvalue weighted by molar-refractivity contribution is -0.137. The summed E-state index contributed by atoms with van der Waals surface area (Å²) < 4.78 is 6.06. The van der Waals surface area contributed by atoms with E-state index in [-0.39, 0.29) is 12.3 Å². The van der Waals surface area contributed by atoms with Crippen LogP contribution in [0.3, 0.4) is 0 Å². The fourth-order valence-corrected chi connectivity index (χ4v) is 5.02. The van der Waals surface area contributed by atoms with E-state index in [1.165, 1.54) is 16.7 Å². The molecule has 184 valence electrons. The highest BCUT2D eigenvalue weighted by molar-refractivity contribution is 5.74. The summed E-state index contributed by atoms with van der Waals surface area (Å²) in [5.41, 5.74) is 15.5. The van der Waals surface area contributed by atoms with E-state index < -0.39 is 5.97 Å². The van der Waals surface area contributed by atoms with Crippen LogP contribution < -0.4 is 15.8 Å². The summed E-state index contributed by atoms with van der Waals surface area (Å²) in [6.45, 7) is 9.24. The van der Waals surface area contributed by atoms with Crippen molar-refractivity contribution in [1.82, 2.24) is 4.90 Å². The number of nitrogens with zero attached hydrogens (tertiary/aromatic N) is 1. The van der Waals surface area contributed by atoms with Crippen molar-refractivity contribution in [3.05, 3.63) is 87.5 Å². The van der Waals surface area contributed by atoms with Gasteiger partial charge in [0.2, 0.25) is 0 Å². The first kappa shape index (κ1) is 24.6. The van der Waals surface area contributed by atoms with Gasteiger partial charge in [0.1, 0.15) is 12.4 Å². The van der Waals surface area contributed by atoms with Crippen LogP contribution in [0.15, 0.2) is 48.5 Å². The second kappa shape index (κ2) is 10.4. The molecule has 35 heavy (non-hydrogen) atoms. The van der Waals surface area contributed by atoms with E-state index >= 15 is 0 Å². The van der Waals surface area contributed by atoms with E-state index in [4.69, 9.17) is 10.5 Å². The zero-order valence-electron chi connectivity index (χ0n) is 21.0. The minimum atomic E-state index is -0.829. The van der Waals surface area contributed by atoms with Gasteiger partial charge in [-0.1, -0.05) is 42.5 Å². The standard InChI is InChI=1S/C29H35N3O3/c1-18-8-9-21(25(15-27(33)34)24-10-11-26(31-4)28(30)20(24)3)14-23(18)17-32-12-13-35-29-19(2)6-5-7-22(29)16-32/h5-11,14,25,31H,12-13,15-17,30H2,1-4H3,(H,33,34). The summed E-state index contributed by atoms with van der Waals surface area (Å²) in [7, 11) is 1.83. The third kappa shape index (κ3) is 5.28. The first-order valence-corrected chi connectivity index (χ1v) is 12.1. The predicted molar refractivity (Wildman–Crippen MR) is 141 cm³/mol. The average molecular weight is 474 g/mol. The number of carboxylic acids is 1. The maximum absolute atomic E-state index is 11.9. The Morgan fingerprint density at radius 3 is 2.69 bits per heavy atom. The van der Waals surface area contributed by atoms with Crippen LogP contribution in [0.1, 0.15) is 51.3 Å². The number of benzene rings is 3. The number of para-hydroxylation sites is 1. The van der Waals surface area contributed by atoms with E-state index in [9.17, 15) is 9.90 Å². The molecular formula is C29H35N3O3. The first-order chi connectivity index (χ1) is 16.8. The van der Waals surface area contributed by atoms with E-state index in [0.717, 1.165) is 53.3 Å². The largest absolute Gasteiger partial charge is 0.492 e. The second-order valence-corrected chi connectivity index (χ2v) is 9.45. The van der Waals surface area contributed by atoms with Crippen molar-refractivity contribution in [2.24, 2.45) is 0 Å². The van der Waals surface area contributed by atoms with Crippen LogP contribution in [0.4, 0.5) is 11.4 Å². The van der Waals surface area contributed by atoms with Crippen LogP contribution >= 0.6 is 0 Å². The zero-order valence-corrected chi connectivity index (χ0v) is 21.0. The van der Waals surface area contributed by atoms with E-state index in [0.29, 0.717) is 12.3 Å². The molecule has 1 aliphatic rings. The molecule has 6 nitrogen and oxygen atoms in total. The maximum Gasteiger partial charge on any atom is 0.304 e. The molecule has 6 heteroatoms. The van der Waals surface area contributed by atoms with Crippen molar-refractivity contribution in [3.8, 4) is 5.75 Å². The van der Waals surface area contributed by atoms with Gasteiger partial charge in [-0.15, -0.1) is 0 Å². The van der Waals surface area contributed by atoms with Gasteiger partial charge in [-0.3, -0.25) is 9.69 Å². The number of hydrogen-bond acceptors (Lipinski definition) is 5. The van der Waals surface area contributed by atoms with Gasteiger partial charge in [0.15, 0.2) is 0 Å². The van der Waals surface area contributed by atoms with Crippen LogP contribution in [0, 0.1) is 20.8 Å². The molecule has 1 heterocycles. The van der Waals surface area contributed by atoms with Crippen molar-refractivity contribution in [2.75, 3.05) is 31.2 Å². The molecule has 4 N–H and O–H groups in total. The minimum Gasteiger partial charge on any atom is -0.492 e. The molecule has 4 rings (SSSR count). The van der Waals surface area contributed by atoms with Gasteiger partial charge >= 0.3 is 5.97 Å². The number of hydrogen-bond donors (Lipinski definition) is 3. The number of carbonyl (C=O) groups is 1. The molecule has 0 saturated carbocycles. The van der Waals surface area contributed by atoms with Gasteiger partial charge < -0.3 is 20.9 Å². The highest BCUT2D eigenvalue weighted by atomic mass is 16.5. The van der Waals surface area contributed by atoms with E-state index in [1.807, 2.05) is 26.1 Å². The quantitative estimate of drug-likeness (QED) is 0.407. The van der Waals surface area contributed by atoms with Gasteiger partial charge in [0, 0.05) is 38.2 Å². The zero-order chi connectivity index (χ0) is 25.1. The number of ether oxygens (including phenoxy) is 1. The Morgan fingerprint density at radius 2 is 1.94 bits per heavy atom. The summed E-state index contributed by atoms with van der Waals surface area (Å²) in [6, 6.07) is 16.6. The molecule has 0 amide bonds. The third-order valence-electron chi connectivity index (χ3n) is 7.09. The third-order valence-corrected chi connectivity index (χ3v) is 7.09. The Bertz CT molecular complexity index is 1240. The Kier molecular flexibility index (Phi) is 7.31. The summed E-state index contributed by atoms with van der Waals surface area (Å²) >= 11 is 0. The summed E-state index contributed by atoms with van der Waals surface area (Å²) in [4.78, 5) is 14.3. The molecule has 1 atom stereocenters. The lowest BCUT2D eigenvalue weighted by atomic mass is 9.84. The number of aryl methyl sites for hydroxylation is 2.